The summed E-state index contributed by atoms with van der Waals surface area (Å²) in [6.45, 7) is 0. The van der Waals surface area contributed by atoms with Crippen LogP contribution in [0.25, 0.3) is 54.6 Å². The summed E-state index contributed by atoms with van der Waals surface area (Å²) < 4.78 is 0. The molecule has 0 saturated carbocycles. The lowest BCUT2D eigenvalue weighted by Crippen LogP contribution is -1.82. The third kappa shape index (κ3) is 1.39. The second-order valence-corrected chi connectivity index (χ2v) is 6.59. The van der Waals surface area contributed by atoms with E-state index in [1.165, 1.54) is 54.6 Å². The molecule has 0 spiro atoms. The molecule has 5 aromatic rings. The molecule has 1 aliphatic carbocycles. The Morgan fingerprint density at radius 2 is 0.875 bits per heavy atom. The van der Waals surface area contributed by atoms with Crippen molar-refractivity contribution in [3.8, 4) is 22.3 Å². The first-order chi connectivity index (χ1) is 11.9. The smallest absolute Gasteiger partial charge is 0.00134 e. The number of fused-ring (bicyclic) bond motifs is 7. The summed E-state index contributed by atoms with van der Waals surface area (Å²) in [5.74, 6) is 0. The van der Waals surface area contributed by atoms with Crippen molar-refractivity contribution in [2.24, 2.45) is 0 Å². The highest BCUT2D eigenvalue weighted by atomic mass is 14.3. The van der Waals surface area contributed by atoms with Crippen molar-refractivity contribution in [1.82, 2.24) is 0 Å². The van der Waals surface area contributed by atoms with Crippen molar-refractivity contribution in [3.05, 3.63) is 84.9 Å². The van der Waals surface area contributed by atoms with Crippen molar-refractivity contribution < 1.29 is 0 Å². The standard InChI is InChI=1S/C24H14/c1-3-9-18-15(7-1)13-17-14-16-8-2-4-10-19(16)24-21-12-6-5-11-20(21)23(18)22(17)24/h1-14H. The summed E-state index contributed by atoms with van der Waals surface area (Å²) in [7, 11) is 0. The molecule has 0 N–H and O–H groups in total. The molecule has 0 heterocycles. The van der Waals surface area contributed by atoms with Crippen LogP contribution in [0.2, 0.25) is 0 Å². The summed E-state index contributed by atoms with van der Waals surface area (Å²) in [6, 6.07) is 31.0. The van der Waals surface area contributed by atoms with E-state index in [1.807, 2.05) is 0 Å². The second kappa shape index (κ2) is 4.24. The van der Waals surface area contributed by atoms with Crippen LogP contribution in [-0.2, 0) is 0 Å². The first-order valence-corrected chi connectivity index (χ1v) is 8.39. The van der Waals surface area contributed by atoms with Gasteiger partial charge >= 0.3 is 0 Å². The molecule has 5 aromatic carbocycles. The predicted molar refractivity (Wildman–Crippen MR) is 103 cm³/mol. The van der Waals surface area contributed by atoms with E-state index in [9.17, 15) is 0 Å². The minimum atomic E-state index is 1.32. The fourth-order valence-electron chi connectivity index (χ4n) is 4.38. The van der Waals surface area contributed by atoms with Gasteiger partial charge in [0.2, 0.25) is 0 Å². The Hall–Kier alpha value is -3.12. The van der Waals surface area contributed by atoms with Crippen LogP contribution >= 0.6 is 0 Å². The van der Waals surface area contributed by atoms with Crippen LogP contribution in [0.1, 0.15) is 0 Å². The molecule has 24 heavy (non-hydrogen) atoms. The van der Waals surface area contributed by atoms with Crippen LogP contribution in [-0.4, -0.2) is 0 Å². The molecule has 0 bridgehead atoms. The number of rotatable bonds is 0. The second-order valence-electron chi connectivity index (χ2n) is 6.59. The third-order valence-corrected chi connectivity index (χ3v) is 5.34. The van der Waals surface area contributed by atoms with Crippen molar-refractivity contribution in [3.63, 3.8) is 0 Å². The van der Waals surface area contributed by atoms with Gasteiger partial charge in [0.15, 0.2) is 0 Å². The summed E-state index contributed by atoms with van der Waals surface area (Å²) in [4.78, 5) is 0. The SMILES string of the molecule is c1ccc2c(c1)-c1c3ccccc3cc3cc4ccccc4c-2c13. The molecule has 0 atom stereocenters. The maximum absolute atomic E-state index is 2.34. The molecule has 0 heteroatoms. The van der Waals surface area contributed by atoms with Gasteiger partial charge in [0.05, 0.1) is 0 Å². The Kier molecular flexibility index (Phi) is 2.18. The zero-order valence-electron chi connectivity index (χ0n) is 13.1. The number of hydrogen-bond acceptors (Lipinski definition) is 0. The van der Waals surface area contributed by atoms with Gasteiger partial charge < -0.3 is 0 Å². The van der Waals surface area contributed by atoms with Gasteiger partial charge in [0, 0.05) is 0 Å². The van der Waals surface area contributed by atoms with Gasteiger partial charge in [0.25, 0.3) is 0 Å². The van der Waals surface area contributed by atoms with Gasteiger partial charge in [-0.2, -0.15) is 0 Å². The van der Waals surface area contributed by atoms with Crippen LogP contribution in [0, 0.1) is 0 Å². The van der Waals surface area contributed by atoms with E-state index in [0.29, 0.717) is 0 Å². The molecule has 6 rings (SSSR count). The van der Waals surface area contributed by atoms with Crippen LogP contribution in [0.5, 0.6) is 0 Å². The van der Waals surface area contributed by atoms with E-state index in [2.05, 4.69) is 84.9 Å². The number of benzene rings is 5. The average molecular weight is 302 g/mol. The molecule has 0 radical (unpaired) electrons. The Balaban J connectivity index is 2.01. The quantitative estimate of drug-likeness (QED) is 0.271. The molecular weight excluding hydrogens is 288 g/mol. The molecule has 0 fully saturated rings. The third-order valence-electron chi connectivity index (χ3n) is 5.34. The fraction of sp³-hybridized carbons (Fsp3) is 0. The molecule has 0 saturated heterocycles. The van der Waals surface area contributed by atoms with E-state index in [0.717, 1.165) is 0 Å². The average Bonchev–Trinajstić information content (AvgIpc) is 2.99. The molecule has 0 unspecified atom stereocenters. The Bertz CT molecular complexity index is 1190. The van der Waals surface area contributed by atoms with Crippen molar-refractivity contribution >= 4 is 32.3 Å². The molecule has 1 aliphatic rings. The minimum Gasteiger partial charge on any atom is -0.0616 e. The van der Waals surface area contributed by atoms with E-state index >= 15 is 0 Å². The van der Waals surface area contributed by atoms with Crippen molar-refractivity contribution in [2.45, 2.75) is 0 Å². The minimum absolute atomic E-state index is 1.32. The maximum atomic E-state index is 2.34. The van der Waals surface area contributed by atoms with Gasteiger partial charge in [0.1, 0.15) is 0 Å². The first kappa shape index (κ1) is 12.3. The summed E-state index contributed by atoms with van der Waals surface area (Å²) in [5.41, 5.74) is 5.54. The van der Waals surface area contributed by atoms with Crippen LogP contribution < -0.4 is 0 Å². The summed E-state index contributed by atoms with van der Waals surface area (Å²) in [6.07, 6.45) is 0. The van der Waals surface area contributed by atoms with E-state index in [-0.39, 0.29) is 0 Å². The van der Waals surface area contributed by atoms with Crippen LogP contribution in [0.3, 0.4) is 0 Å². The predicted octanol–water partition coefficient (Wildman–Crippen LogP) is 6.79. The summed E-state index contributed by atoms with van der Waals surface area (Å²) in [5, 5.41) is 8.09. The largest absolute Gasteiger partial charge is 0.0616 e. The Labute approximate surface area is 140 Å². The van der Waals surface area contributed by atoms with Gasteiger partial charge in [-0.25, -0.2) is 0 Å². The Morgan fingerprint density at radius 3 is 1.42 bits per heavy atom. The van der Waals surface area contributed by atoms with E-state index < -0.39 is 0 Å². The van der Waals surface area contributed by atoms with Gasteiger partial charge in [-0.05, 0) is 66.7 Å². The van der Waals surface area contributed by atoms with E-state index in [4.69, 9.17) is 0 Å². The molecule has 0 nitrogen and oxygen atoms in total. The number of hydrogen-bond donors (Lipinski definition) is 0. The zero-order chi connectivity index (χ0) is 15.7. The van der Waals surface area contributed by atoms with Crippen molar-refractivity contribution in [1.29, 1.82) is 0 Å². The highest BCUT2D eigenvalue weighted by Crippen LogP contribution is 2.52. The molecule has 0 amide bonds. The normalized spacial score (nSPS) is 12.2. The molecular formula is C24H14. The van der Waals surface area contributed by atoms with Gasteiger partial charge in [-0.3, -0.25) is 0 Å². The first-order valence-electron chi connectivity index (χ1n) is 8.39. The van der Waals surface area contributed by atoms with Crippen LogP contribution in [0.15, 0.2) is 84.9 Å². The summed E-state index contributed by atoms with van der Waals surface area (Å²) >= 11 is 0. The lowest BCUT2D eigenvalue weighted by atomic mass is 9.93. The van der Waals surface area contributed by atoms with Gasteiger partial charge in [-0.1, -0.05) is 72.8 Å². The molecule has 110 valence electrons. The van der Waals surface area contributed by atoms with Crippen LogP contribution in [0.4, 0.5) is 0 Å². The fourth-order valence-corrected chi connectivity index (χ4v) is 4.38. The lowest BCUT2D eigenvalue weighted by Gasteiger charge is -2.10. The maximum Gasteiger partial charge on any atom is -0.00134 e. The lowest BCUT2D eigenvalue weighted by molar-refractivity contribution is 1.71. The van der Waals surface area contributed by atoms with Gasteiger partial charge in [-0.15, -0.1) is 0 Å². The topological polar surface area (TPSA) is 0 Å². The van der Waals surface area contributed by atoms with Crippen molar-refractivity contribution in [2.75, 3.05) is 0 Å². The monoisotopic (exact) mass is 302 g/mol. The Morgan fingerprint density at radius 1 is 0.417 bits per heavy atom. The molecule has 0 aromatic heterocycles. The highest BCUT2D eigenvalue weighted by Gasteiger charge is 2.25. The highest BCUT2D eigenvalue weighted by molar-refractivity contribution is 6.29. The van der Waals surface area contributed by atoms with E-state index in [1.54, 1.807) is 0 Å². The zero-order valence-corrected chi connectivity index (χ0v) is 13.1. The molecule has 0 aliphatic heterocycles.